The van der Waals surface area contributed by atoms with Gasteiger partial charge in [0.05, 0.1) is 5.92 Å². The monoisotopic (exact) mass is 207 g/mol. The highest BCUT2D eigenvalue weighted by molar-refractivity contribution is 7.70. The van der Waals surface area contributed by atoms with Gasteiger partial charge in [-0.1, -0.05) is 0 Å². The molecule has 76 valence electrons. The van der Waals surface area contributed by atoms with Gasteiger partial charge in [0.15, 0.2) is 0 Å². The molecule has 13 heavy (non-hydrogen) atoms. The Hall–Kier alpha value is -0.620. The van der Waals surface area contributed by atoms with Crippen molar-refractivity contribution in [2.75, 3.05) is 6.54 Å². The van der Waals surface area contributed by atoms with E-state index in [0.717, 1.165) is 6.42 Å². The molecule has 0 bridgehead atoms. The molecule has 0 aromatic carbocycles. The topological polar surface area (TPSA) is 83.5 Å². The zero-order valence-electron chi connectivity index (χ0n) is 7.10. The molecule has 0 amide bonds. The van der Waals surface area contributed by atoms with E-state index in [2.05, 4.69) is 4.72 Å². The van der Waals surface area contributed by atoms with Crippen molar-refractivity contribution in [3.63, 3.8) is 0 Å². The predicted molar refractivity (Wildman–Crippen MR) is 46.8 cm³/mol. The zero-order valence-corrected chi connectivity index (χ0v) is 8.00. The second-order valence-corrected chi connectivity index (χ2v) is 4.16. The quantitative estimate of drug-likeness (QED) is 0.548. The summed E-state index contributed by atoms with van der Waals surface area (Å²) in [5, 5.41) is 8.67. The summed E-state index contributed by atoms with van der Waals surface area (Å²) in [5.74, 6) is -0.862. The fraction of sp³-hybridized carbons (Fsp3) is 0.857. The fourth-order valence-corrected chi connectivity index (χ4v) is 2.10. The van der Waals surface area contributed by atoms with Crippen LogP contribution in [-0.4, -0.2) is 26.0 Å². The van der Waals surface area contributed by atoms with Crippen LogP contribution in [0.2, 0.25) is 0 Å². The van der Waals surface area contributed by atoms with Gasteiger partial charge in [-0.2, -0.15) is 0 Å². The van der Waals surface area contributed by atoms with E-state index in [-0.39, 0.29) is 11.8 Å². The molecule has 2 unspecified atom stereocenters. The van der Waals surface area contributed by atoms with Crippen LogP contribution in [0.15, 0.2) is 0 Å². The summed E-state index contributed by atoms with van der Waals surface area (Å²) >= 11 is 0. The number of thiol groups is 1. The molecule has 1 rings (SSSR count). The second-order valence-electron chi connectivity index (χ2n) is 3.33. The maximum atomic E-state index is 10.5. The van der Waals surface area contributed by atoms with Crippen LogP contribution in [-0.2, 0) is 15.7 Å². The SMILES string of the molecule is O=C(O)C1CCC(CN[SH](=O)=O)C1. The average molecular weight is 207 g/mol. The van der Waals surface area contributed by atoms with Crippen molar-refractivity contribution in [3.05, 3.63) is 0 Å². The second kappa shape index (κ2) is 4.57. The van der Waals surface area contributed by atoms with E-state index in [9.17, 15) is 13.2 Å². The number of carboxylic acid groups (broad SMARTS) is 1. The number of hydrogen-bond acceptors (Lipinski definition) is 3. The van der Waals surface area contributed by atoms with Gasteiger partial charge < -0.3 is 5.11 Å². The van der Waals surface area contributed by atoms with Crippen LogP contribution in [0, 0.1) is 11.8 Å². The predicted octanol–water partition coefficient (Wildman–Crippen LogP) is -0.397. The summed E-state index contributed by atoms with van der Waals surface area (Å²) < 4.78 is 22.7. The van der Waals surface area contributed by atoms with Gasteiger partial charge in [0, 0.05) is 6.54 Å². The third kappa shape index (κ3) is 3.31. The van der Waals surface area contributed by atoms with Gasteiger partial charge in [-0.25, -0.2) is 13.1 Å². The summed E-state index contributed by atoms with van der Waals surface area (Å²) in [6, 6.07) is 0. The van der Waals surface area contributed by atoms with Gasteiger partial charge in [-0.15, -0.1) is 0 Å². The van der Waals surface area contributed by atoms with Crippen molar-refractivity contribution in [2.24, 2.45) is 11.8 Å². The molecule has 0 aromatic heterocycles. The first kappa shape index (κ1) is 10.5. The van der Waals surface area contributed by atoms with E-state index in [1.54, 1.807) is 0 Å². The number of nitrogens with one attached hydrogen (secondary N) is 1. The minimum atomic E-state index is -2.54. The Morgan fingerprint density at radius 2 is 2.15 bits per heavy atom. The molecule has 5 nitrogen and oxygen atoms in total. The van der Waals surface area contributed by atoms with Crippen molar-refractivity contribution in [3.8, 4) is 0 Å². The molecule has 2 atom stereocenters. The average Bonchev–Trinajstić information content (AvgIpc) is 2.48. The number of hydrogen-bond donors (Lipinski definition) is 3. The number of aliphatic carboxylic acids is 1. The lowest BCUT2D eigenvalue weighted by molar-refractivity contribution is -0.141. The van der Waals surface area contributed by atoms with Crippen molar-refractivity contribution in [1.82, 2.24) is 4.72 Å². The highest BCUT2D eigenvalue weighted by Gasteiger charge is 2.29. The van der Waals surface area contributed by atoms with E-state index in [0.29, 0.717) is 19.4 Å². The summed E-state index contributed by atoms with van der Waals surface area (Å²) in [6.45, 7) is 0.377. The number of carboxylic acids is 1. The van der Waals surface area contributed by atoms with Crippen LogP contribution in [0.4, 0.5) is 0 Å². The van der Waals surface area contributed by atoms with Crippen LogP contribution in [0.1, 0.15) is 19.3 Å². The summed E-state index contributed by atoms with van der Waals surface area (Å²) in [4.78, 5) is 10.5. The van der Waals surface area contributed by atoms with Gasteiger partial charge in [0.25, 0.3) is 0 Å². The molecule has 0 radical (unpaired) electrons. The van der Waals surface area contributed by atoms with Gasteiger partial charge in [-0.05, 0) is 25.2 Å². The van der Waals surface area contributed by atoms with Crippen LogP contribution in [0.3, 0.4) is 0 Å². The van der Waals surface area contributed by atoms with E-state index in [1.807, 2.05) is 0 Å². The lowest BCUT2D eigenvalue weighted by Gasteiger charge is -2.06. The van der Waals surface area contributed by atoms with Crippen LogP contribution in [0.25, 0.3) is 0 Å². The molecular weight excluding hydrogens is 194 g/mol. The van der Waals surface area contributed by atoms with E-state index < -0.39 is 16.9 Å². The minimum Gasteiger partial charge on any atom is -0.481 e. The Labute approximate surface area is 78.2 Å². The molecule has 2 N–H and O–H groups in total. The van der Waals surface area contributed by atoms with E-state index in [1.165, 1.54) is 0 Å². The Bertz CT molecular complexity index is 255. The van der Waals surface area contributed by atoms with Crippen molar-refractivity contribution in [1.29, 1.82) is 0 Å². The smallest absolute Gasteiger partial charge is 0.306 e. The maximum Gasteiger partial charge on any atom is 0.306 e. The maximum absolute atomic E-state index is 10.5. The molecule has 1 saturated carbocycles. The van der Waals surface area contributed by atoms with Crippen molar-refractivity contribution in [2.45, 2.75) is 19.3 Å². The van der Waals surface area contributed by atoms with Gasteiger partial charge in [0.2, 0.25) is 10.9 Å². The van der Waals surface area contributed by atoms with Crippen LogP contribution >= 0.6 is 0 Å². The Morgan fingerprint density at radius 1 is 1.46 bits per heavy atom. The summed E-state index contributed by atoms with van der Waals surface area (Å²) in [7, 11) is -2.54. The minimum absolute atomic E-state index is 0.189. The Balaban J connectivity index is 2.29. The molecule has 0 saturated heterocycles. The highest BCUT2D eigenvalue weighted by atomic mass is 32.2. The molecule has 0 aliphatic heterocycles. The van der Waals surface area contributed by atoms with Gasteiger partial charge in [-0.3, -0.25) is 4.79 Å². The van der Waals surface area contributed by atoms with Gasteiger partial charge >= 0.3 is 5.97 Å². The largest absolute Gasteiger partial charge is 0.481 e. The Kier molecular flexibility index (Phi) is 3.68. The fourth-order valence-electron chi connectivity index (χ4n) is 1.69. The van der Waals surface area contributed by atoms with E-state index >= 15 is 0 Å². The number of carbonyl (C=O) groups is 1. The molecule has 0 heterocycles. The third-order valence-corrected chi connectivity index (χ3v) is 2.84. The summed E-state index contributed by atoms with van der Waals surface area (Å²) in [6.07, 6.45) is 2.05. The lowest BCUT2D eigenvalue weighted by atomic mass is 10.1. The van der Waals surface area contributed by atoms with Crippen LogP contribution < -0.4 is 4.72 Å². The van der Waals surface area contributed by atoms with Crippen molar-refractivity contribution < 1.29 is 18.3 Å². The first-order valence-electron chi connectivity index (χ1n) is 4.20. The number of rotatable bonds is 4. The van der Waals surface area contributed by atoms with E-state index in [4.69, 9.17) is 5.11 Å². The van der Waals surface area contributed by atoms with Crippen molar-refractivity contribution >= 4 is 16.9 Å². The molecule has 0 aromatic rings. The van der Waals surface area contributed by atoms with Crippen LogP contribution in [0.5, 0.6) is 0 Å². The van der Waals surface area contributed by atoms with Gasteiger partial charge in [0.1, 0.15) is 0 Å². The molecule has 6 heteroatoms. The molecule has 1 aliphatic rings. The first-order chi connectivity index (χ1) is 6.09. The Morgan fingerprint density at radius 3 is 2.62 bits per heavy atom. The molecular formula is C7H13NO4S. The molecule has 1 fully saturated rings. The first-order valence-corrected chi connectivity index (χ1v) is 5.38. The molecule has 0 spiro atoms. The zero-order chi connectivity index (χ0) is 9.84. The summed E-state index contributed by atoms with van der Waals surface area (Å²) in [5.41, 5.74) is 0. The normalized spacial score (nSPS) is 28.1. The highest BCUT2D eigenvalue weighted by Crippen LogP contribution is 2.30. The molecule has 1 aliphatic carbocycles. The third-order valence-electron chi connectivity index (χ3n) is 2.40. The standard InChI is InChI=1S/C7H13NO4S/c9-7(10)6-2-1-5(3-6)4-8-13(11)12/h5-6,13H,1-4H2,(H,9,10)(H,8,11,12). The lowest BCUT2D eigenvalue weighted by Crippen LogP contribution is -2.20.